The lowest BCUT2D eigenvalue weighted by atomic mass is 9.69. The minimum absolute atomic E-state index is 0.380. The molecule has 1 heteroatoms. The predicted octanol–water partition coefficient (Wildman–Crippen LogP) is 4.47. The molecule has 0 spiro atoms. The Hall–Kier alpha value is -1.37. The fourth-order valence-electron chi connectivity index (χ4n) is 2.70. The van der Waals surface area contributed by atoms with Gasteiger partial charge in [-0.1, -0.05) is 32.9 Å². The van der Waals surface area contributed by atoms with Crippen molar-refractivity contribution in [3.05, 3.63) is 41.7 Å². The second kappa shape index (κ2) is 3.56. The van der Waals surface area contributed by atoms with Gasteiger partial charge >= 0.3 is 11.3 Å². The van der Waals surface area contributed by atoms with Crippen LogP contribution in [0.25, 0.3) is 11.0 Å². The Morgan fingerprint density at radius 3 is 2.82 bits per heavy atom. The van der Waals surface area contributed by atoms with Crippen LogP contribution in [0.1, 0.15) is 32.1 Å². The summed E-state index contributed by atoms with van der Waals surface area (Å²) >= 11 is 0. The number of rotatable bonds is 0. The summed E-state index contributed by atoms with van der Waals surface area (Å²) < 4.78 is 6.05. The van der Waals surface area contributed by atoms with Crippen molar-refractivity contribution in [2.75, 3.05) is 0 Å². The molecular formula is C16H19O+. The lowest BCUT2D eigenvalue weighted by molar-refractivity contribution is 0.196. The average molecular weight is 227 g/mol. The fraction of sp³-hybridized carbons (Fsp3) is 0.438. The van der Waals surface area contributed by atoms with E-state index in [0.717, 1.165) is 18.4 Å². The first-order valence-corrected chi connectivity index (χ1v) is 6.40. The molecule has 0 fully saturated rings. The number of hydrogen-bond donors (Lipinski definition) is 0. The largest absolute Gasteiger partial charge is 0.360 e. The van der Waals surface area contributed by atoms with Crippen LogP contribution in [0.15, 0.2) is 34.7 Å². The van der Waals surface area contributed by atoms with Gasteiger partial charge in [-0.05, 0) is 29.9 Å². The maximum absolute atomic E-state index is 6.05. The Kier molecular flexibility index (Phi) is 2.25. The van der Waals surface area contributed by atoms with Crippen molar-refractivity contribution in [3.63, 3.8) is 0 Å². The van der Waals surface area contributed by atoms with Gasteiger partial charge in [0.25, 0.3) is 0 Å². The van der Waals surface area contributed by atoms with E-state index < -0.39 is 0 Å². The molecule has 1 heterocycles. The van der Waals surface area contributed by atoms with E-state index in [1.807, 2.05) is 6.07 Å². The van der Waals surface area contributed by atoms with Crippen molar-refractivity contribution in [1.82, 2.24) is 0 Å². The van der Waals surface area contributed by atoms with Crippen molar-refractivity contribution in [2.45, 2.75) is 33.6 Å². The molecule has 88 valence electrons. The van der Waals surface area contributed by atoms with Gasteiger partial charge in [0.2, 0.25) is 0 Å². The summed E-state index contributed by atoms with van der Waals surface area (Å²) in [7, 11) is 0. The van der Waals surface area contributed by atoms with Crippen LogP contribution in [0.2, 0.25) is 0 Å². The third-order valence-corrected chi connectivity index (χ3v) is 4.31. The van der Waals surface area contributed by atoms with Gasteiger partial charge in [0.05, 0.1) is 17.4 Å². The van der Waals surface area contributed by atoms with Crippen LogP contribution in [-0.4, -0.2) is 0 Å². The lowest BCUT2D eigenvalue weighted by Gasteiger charge is -2.34. The highest BCUT2D eigenvalue weighted by Gasteiger charge is 2.37. The smallest absolute Gasteiger partial charge is 0.212 e. The molecule has 3 rings (SSSR count). The highest BCUT2D eigenvalue weighted by Crippen LogP contribution is 2.40. The second-order valence-corrected chi connectivity index (χ2v) is 6.00. The number of para-hydroxylation sites is 1. The zero-order valence-corrected chi connectivity index (χ0v) is 10.8. The molecule has 0 N–H and O–H groups in total. The van der Waals surface area contributed by atoms with Crippen molar-refractivity contribution in [2.24, 2.45) is 11.3 Å². The molecule has 0 saturated heterocycles. The zero-order valence-electron chi connectivity index (χ0n) is 10.8. The second-order valence-electron chi connectivity index (χ2n) is 6.00. The summed E-state index contributed by atoms with van der Waals surface area (Å²) in [4.78, 5) is 0. The summed E-state index contributed by atoms with van der Waals surface area (Å²) in [6, 6.07) is 10.6. The van der Waals surface area contributed by atoms with Crippen molar-refractivity contribution in [1.29, 1.82) is 0 Å². The van der Waals surface area contributed by atoms with Gasteiger partial charge in [0, 0.05) is 6.07 Å². The fourth-order valence-corrected chi connectivity index (χ4v) is 2.70. The molecule has 17 heavy (non-hydrogen) atoms. The first kappa shape index (κ1) is 10.8. The summed E-state index contributed by atoms with van der Waals surface area (Å²) in [6.07, 6.45) is 2.19. The molecule has 1 atom stereocenters. The predicted molar refractivity (Wildman–Crippen MR) is 71.0 cm³/mol. The third-order valence-electron chi connectivity index (χ3n) is 4.31. The van der Waals surface area contributed by atoms with Gasteiger partial charge in [-0.25, -0.2) is 4.42 Å². The Labute approximate surface area is 102 Å². The molecule has 0 aliphatic heterocycles. The molecule has 1 aromatic carbocycles. The van der Waals surface area contributed by atoms with Crippen molar-refractivity contribution >= 4 is 11.0 Å². The van der Waals surface area contributed by atoms with E-state index in [1.54, 1.807) is 0 Å². The van der Waals surface area contributed by atoms with Gasteiger partial charge in [0.15, 0.2) is 0 Å². The van der Waals surface area contributed by atoms with Crippen LogP contribution >= 0.6 is 0 Å². The van der Waals surface area contributed by atoms with Crippen molar-refractivity contribution < 1.29 is 4.42 Å². The maximum atomic E-state index is 6.05. The quantitative estimate of drug-likeness (QED) is 0.604. The first-order valence-electron chi connectivity index (χ1n) is 6.40. The highest BCUT2D eigenvalue weighted by molar-refractivity contribution is 5.77. The zero-order chi connectivity index (χ0) is 12.0. The summed E-state index contributed by atoms with van der Waals surface area (Å²) in [5, 5.41) is 1.22. The van der Waals surface area contributed by atoms with E-state index >= 15 is 0 Å². The van der Waals surface area contributed by atoms with Crippen LogP contribution in [0, 0.1) is 11.3 Å². The normalized spacial score (nSPS) is 22.4. The maximum Gasteiger partial charge on any atom is 0.360 e. The monoisotopic (exact) mass is 227 g/mol. The molecule has 1 aliphatic rings. The molecule has 0 saturated carbocycles. The molecule has 1 nitrogen and oxygen atoms in total. The van der Waals surface area contributed by atoms with Gasteiger partial charge in [-0.15, -0.1) is 0 Å². The minimum Gasteiger partial charge on any atom is -0.212 e. The summed E-state index contributed by atoms with van der Waals surface area (Å²) in [5.74, 6) is 1.87. The van der Waals surface area contributed by atoms with Crippen LogP contribution in [-0.2, 0) is 12.8 Å². The Morgan fingerprint density at radius 2 is 2.00 bits per heavy atom. The van der Waals surface area contributed by atoms with E-state index in [4.69, 9.17) is 4.42 Å². The number of hydrogen-bond acceptors (Lipinski definition) is 0. The number of benzene rings is 1. The molecule has 0 amide bonds. The standard InChI is InChI=1S/C16H19O/c1-11-8-15-13(10-16(11,2)3)9-12-6-4-5-7-14(12)17-15/h4-7,9,11H,8,10H2,1-3H3/q+1. The lowest BCUT2D eigenvalue weighted by Crippen LogP contribution is -2.30. The molecule has 2 aromatic rings. The average Bonchev–Trinajstić information content (AvgIpc) is 2.28. The Balaban J connectivity index is 2.17. The summed E-state index contributed by atoms with van der Waals surface area (Å²) in [6.45, 7) is 7.04. The van der Waals surface area contributed by atoms with Crippen LogP contribution in [0.3, 0.4) is 0 Å². The molecule has 0 bridgehead atoms. The molecule has 1 unspecified atom stereocenters. The van der Waals surface area contributed by atoms with Crippen LogP contribution in [0.4, 0.5) is 0 Å². The van der Waals surface area contributed by atoms with Crippen LogP contribution in [0.5, 0.6) is 0 Å². The molecule has 0 radical (unpaired) electrons. The van der Waals surface area contributed by atoms with E-state index in [2.05, 4.69) is 45.0 Å². The van der Waals surface area contributed by atoms with E-state index in [-0.39, 0.29) is 0 Å². The molecular weight excluding hydrogens is 208 g/mol. The van der Waals surface area contributed by atoms with Crippen molar-refractivity contribution in [3.8, 4) is 0 Å². The Morgan fingerprint density at radius 1 is 1.24 bits per heavy atom. The number of fused-ring (bicyclic) bond motifs is 2. The molecule has 1 aromatic heterocycles. The SMILES string of the molecule is CC1Cc2[o+]c3ccccc3cc2CC1(C)C. The van der Waals surface area contributed by atoms with Gasteiger partial charge in [-0.2, -0.15) is 0 Å². The summed E-state index contributed by atoms with van der Waals surface area (Å²) in [5.41, 5.74) is 2.79. The van der Waals surface area contributed by atoms with E-state index in [0.29, 0.717) is 11.3 Å². The minimum atomic E-state index is 0.380. The van der Waals surface area contributed by atoms with Gasteiger partial charge < -0.3 is 0 Å². The first-order chi connectivity index (χ1) is 8.06. The van der Waals surface area contributed by atoms with Gasteiger partial charge in [-0.3, -0.25) is 0 Å². The van der Waals surface area contributed by atoms with E-state index in [9.17, 15) is 0 Å². The third kappa shape index (κ3) is 1.74. The highest BCUT2D eigenvalue weighted by atomic mass is 16.3. The van der Waals surface area contributed by atoms with Gasteiger partial charge in [0.1, 0.15) is 0 Å². The van der Waals surface area contributed by atoms with E-state index in [1.165, 1.54) is 16.7 Å². The topological polar surface area (TPSA) is 11.3 Å². The Bertz CT molecular complexity index is 569. The van der Waals surface area contributed by atoms with Crippen LogP contribution < -0.4 is 0 Å². The molecule has 1 aliphatic carbocycles.